The van der Waals surface area contributed by atoms with E-state index in [0.717, 1.165) is 24.2 Å². The first-order chi connectivity index (χ1) is 9.84. The number of rotatable bonds is 3. The van der Waals surface area contributed by atoms with Gasteiger partial charge in [-0.05, 0) is 42.7 Å². The molecule has 0 amide bonds. The molecule has 4 unspecified atom stereocenters. The smallest absolute Gasteiger partial charge is 0.134 e. The van der Waals surface area contributed by atoms with Crippen LogP contribution in [0.3, 0.4) is 0 Å². The zero-order valence-electron chi connectivity index (χ0n) is 13.5. The van der Waals surface area contributed by atoms with E-state index >= 15 is 0 Å². The van der Waals surface area contributed by atoms with Gasteiger partial charge in [-0.3, -0.25) is 4.21 Å². The maximum absolute atomic E-state index is 13.0. The number of methoxy groups -OCH3 is 1. The van der Waals surface area contributed by atoms with Crippen LogP contribution in [0, 0.1) is 11.3 Å². The fraction of sp³-hybridized carbons (Fsp3) is 0.647. The Kier molecular flexibility index (Phi) is 5.10. The number of hydrogen-bond acceptors (Lipinski definition) is 3. The molecule has 0 saturated heterocycles. The summed E-state index contributed by atoms with van der Waals surface area (Å²) in [6.07, 6.45) is 3.01. The van der Waals surface area contributed by atoms with Crippen molar-refractivity contribution in [1.82, 2.24) is 0 Å². The largest absolute Gasteiger partial charge is 0.495 e. The first-order valence-electron chi connectivity index (χ1n) is 7.63. The zero-order valence-corrected chi connectivity index (χ0v) is 14.3. The molecule has 0 heterocycles. The molecule has 1 aromatic carbocycles. The highest BCUT2D eigenvalue weighted by atomic mass is 32.2. The fourth-order valence-corrected chi connectivity index (χ4v) is 4.88. The normalized spacial score (nSPS) is 28.1. The lowest BCUT2D eigenvalue weighted by Gasteiger charge is -2.40. The molecule has 0 aliphatic heterocycles. The topological polar surface area (TPSA) is 52.3 Å². The molecular weight excluding hydrogens is 282 g/mol. The van der Waals surface area contributed by atoms with E-state index in [1.807, 2.05) is 24.3 Å². The van der Waals surface area contributed by atoms with Crippen LogP contribution in [-0.4, -0.2) is 22.6 Å². The van der Waals surface area contributed by atoms with E-state index in [0.29, 0.717) is 11.7 Å². The molecule has 1 aliphatic carbocycles. The lowest BCUT2D eigenvalue weighted by atomic mass is 9.71. The number of benzene rings is 1. The molecule has 118 valence electrons. The van der Waals surface area contributed by atoms with Crippen LogP contribution in [0.1, 0.15) is 40.0 Å². The minimum Gasteiger partial charge on any atom is -0.495 e. The number of ether oxygens (including phenoxy) is 1. The van der Waals surface area contributed by atoms with Crippen LogP contribution in [0.5, 0.6) is 5.75 Å². The molecule has 2 N–H and O–H groups in total. The van der Waals surface area contributed by atoms with E-state index in [1.165, 1.54) is 0 Å². The second-order valence-corrected chi connectivity index (χ2v) is 8.67. The molecule has 0 bridgehead atoms. The van der Waals surface area contributed by atoms with Crippen molar-refractivity contribution in [1.29, 1.82) is 0 Å². The van der Waals surface area contributed by atoms with Crippen molar-refractivity contribution in [2.75, 3.05) is 7.11 Å². The molecule has 1 aromatic rings. The monoisotopic (exact) mass is 309 g/mol. The second kappa shape index (κ2) is 6.49. The average Bonchev–Trinajstić information content (AvgIpc) is 2.45. The summed E-state index contributed by atoms with van der Waals surface area (Å²) in [4.78, 5) is 0.773. The van der Waals surface area contributed by atoms with Crippen molar-refractivity contribution < 1.29 is 8.95 Å². The van der Waals surface area contributed by atoms with E-state index in [4.69, 9.17) is 10.5 Å². The predicted molar refractivity (Wildman–Crippen MR) is 88.0 cm³/mol. The standard InChI is InChI=1S/C17H27NO2S/c1-17(2,3)12-9-10-13(18)16(11-12)21(19)15-8-6-5-7-14(15)20-4/h5-8,12-13,16H,9-11,18H2,1-4H3. The molecule has 0 radical (unpaired) electrons. The summed E-state index contributed by atoms with van der Waals surface area (Å²) in [6, 6.07) is 7.57. The maximum Gasteiger partial charge on any atom is 0.134 e. The predicted octanol–water partition coefficient (Wildman–Crippen LogP) is 3.34. The highest BCUT2D eigenvalue weighted by Crippen LogP contribution is 2.40. The Balaban J connectivity index is 2.24. The van der Waals surface area contributed by atoms with E-state index < -0.39 is 10.8 Å². The summed E-state index contributed by atoms with van der Waals surface area (Å²) in [5, 5.41) is 0.0132. The van der Waals surface area contributed by atoms with Crippen molar-refractivity contribution in [2.45, 2.75) is 56.2 Å². The summed E-state index contributed by atoms with van der Waals surface area (Å²) >= 11 is 0. The summed E-state index contributed by atoms with van der Waals surface area (Å²) in [7, 11) is 0.503. The quantitative estimate of drug-likeness (QED) is 0.931. The highest BCUT2D eigenvalue weighted by molar-refractivity contribution is 7.85. The minimum absolute atomic E-state index is 0.00865. The van der Waals surface area contributed by atoms with Gasteiger partial charge in [0.25, 0.3) is 0 Å². The van der Waals surface area contributed by atoms with Gasteiger partial charge >= 0.3 is 0 Å². The van der Waals surface area contributed by atoms with Gasteiger partial charge < -0.3 is 10.5 Å². The van der Waals surface area contributed by atoms with Crippen LogP contribution in [-0.2, 0) is 10.8 Å². The average molecular weight is 309 g/mol. The van der Waals surface area contributed by atoms with Crippen LogP contribution in [0.25, 0.3) is 0 Å². The van der Waals surface area contributed by atoms with Gasteiger partial charge in [0.15, 0.2) is 0 Å². The van der Waals surface area contributed by atoms with Crippen LogP contribution in [0.2, 0.25) is 0 Å². The Morgan fingerprint density at radius 3 is 2.52 bits per heavy atom. The van der Waals surface area contributed by atoms with E-state index in [1.54, 1.807) is 7.11 Å². The molecule has 2 rings (SSSR count). The lowest BCUT2D eigenvalue weighted by molar-refractivity contribution is 0.173. The van der Waals surface area contributed by atoms with Crippen LogP contribution < -0.4 is 10.5 Å². The van der Waals surface area contributed by atoms with Gasteiger partial charge in [-0.15, -0.1) is 0 Å². The maximum atomic E-state index is 13.0. The minimum atomic E-state index is -1.12. The Morgan fingerprint density at radius 2 is 1.90 bits per heavy atom. The molecule has 0 aromatic heterocycles. The molecule has 21 heavy (non-hydrogen) atoms. The van der Waals surface area contributed by atoms with Crippen LogP contribution >= 0.6 is 0 Å². The number of hydrogen-bond donors (Lipinski definition) is 1. The fourth-order valence-electron chi connectivity index (χ4n) is 3.13. The summed E-state index contributed by atoms with van der Waals surface area (Å²) in [6.45, 7) is 6.78. The Bertz CT molecular complexity index is 510. The molecule has 1 aliphatic rings. The van der Waals surface area contributed by atoms with Crippen molar-refractivity contribution in [3.8, 4) is 5.75 Å². The van der Waals surface area contributed by atoms with Crippen molar-refractivity contribution in [3.05, 3.63) is 24.3 Å². The zero-order chi connectivity index (χ0) is 15.6. The van der Waals surface area contributed by atoms with Gasteiger partial charge in [-0.2, -0.15) is 0 Å². The first kappa shape index (κ1) is 16.5. The van der Waals surface area contributed by atoms with E-state index in [9.17, 15) is 4.21 Å². The van der Waals surface area contributed by atoms with E-state index in [2.05, 4.69) is 20.8 Å². The number of nitrogens with two attached hydrogens (primary N) is 1. The molecule has 4 heteroatoms. The Morgan fingerprint density at radius 1 is 1.24 bits per heavy atom. The Hall–Kier alpha value is -0.870. The molecule has 3 nitrogen and oxygen atoms in total. The second-order valence-electron chi connectivity index (χ2n) is 7.03. The third-order valence-corrected chi connectivity index (χ3v) is 6.49. The number of para-hydroxylation sites is 1. The lowest BCUT2D eigenvalue weighted by Crippen LogP contribution is -2.45. The molecule has 1 saturated carbocycles. The third kappa shape index (κ3) is 3.67. The summed E-state index contributed by atoms with van der Waals surface area (Å²) < 4.78 is 18.4. The van der Waals surface area contributed by atoms with Gasteiger partial charge in [0.2, 0.25) is 0 Å². The molecular formula is C17H27NO2S. The Labute approximate surface area is 130 Å². The van der Waals surface area contributed by atoms with Crippen molar-refractivity contribution >= 4 is 10.8 Å². The third-order valence-electron chi connectivity index (χ3n) is 4.63. The van der Waals surface area contributed by atoms with Crippen molar-refractivity contribution in [3.63, 3.8) is 0 Å². The van der Waals surface area contributed by atoms with Crippen LogP contribution in [0.15, 0.2) is 29.2 Å². The SMILES string of the molecule is COc1ccccc1S(=O)C1CC(C(C)(C)C)CCC1N. The van der Waals surface area contributed by atoms with Gasteiger partial charge in [0, 0.05) is 6.04 Å². The van der Waals surface area contributed by atoms with Crippen molar-refractivity contribution in [2.24, 2.45) is 17.1 Å². The summed E-state index contributed by atoms with van der Waals surface area (Å²) in [5.74, 6) is 1.27. The molecule has 1 fully saturated rings. The highest BCUT2D eigenvalue weighted by Gasteiger charge is 2.38. The first-order valence-corrected chi connectivity index (χ1v) is 8.85. The summed E-state index contributed by atoms with van der Waals surface area (Å²) in [5.41, 5.74) is 6.52. The van der Waals surface area contributed by atoms with Gasteiger partial charge in [-0.1, -0.05) is 32.9 Å². The van der Waals surface area contributed by atoms with Crippen LogP contribution in [0.4, 0.5) is 0 Å². The van der Waals surface area contributed by atoms with Gasteiger partial charge in [-0.25, -0.2) is 0 Å². The van der Waals surface area contributed by atoms with Gasteiger partial charge in [0.05, 0.1) is 28.1 Å². The van der Waals surface area contributed by atoms with E-state index in [-0.39, 0.29) is 16.7 Å². The molecule has 0 spiro atoms. The van der Waals surface area contributed by atoms with Gasteiger partial charge in [0.1, 0.15) is 5.75 Å². The molecule has 4 atom stereocenters.